The molecule has 0 aliphatic carbocycles. The summed E-state index contributed by atoms with van der Waals surface area (Å²) in [7, 11) is 0. The Morgan fingerprint density at radius 2 is 1.93 bits per heavy atom. The molecule has 0 spiro atoms. The number of benzene rings is 2. The average Bonchev–Trinajstić information content (AvgIpc) is 3.47. The fraction of sp³-hybridized carbons (Fsp3) is 0.304. The molecule has 1 saturated heterocycles. The number of likely N-dealkylation sites (tertiary alicyclic amines) is 1. The third kappa shape index (κ3) is 2.81. The van der Waals surface area contributed by atoms with Gasteiger partial charge in [-0.1, -0.05) is 23.8 Å². The highest BCUT2D eigenvalue weighted by Gasteiger charge is 2.44. The van der Waals surface area contributed by atoms with Crippen molar-refractivity contribution in [3.05, 3.63) is 71.3 Å². The van der Waals surface area contributed by atoms with Crippen LogP contribution >= 0.6 is 0 Å². The lowest BCUT2D eigenvalue weighted by atomic mass is 9.96. The van der Waals surface area contributed by atoms with Crippen LogP contribution in [0.15, 0.2) is 48.8 Å². The molecule has 30 heavy (non-hydrogen) atoms. The van der Waals surface area contributed by atoms with E-state index in [0.29, 0.717) is 17.8 Å². The van der Waals surface area contributed by atoms with Gasteiger partial charge in [-0.05, 0) is 57.4 Å². The maximum atomic E-state index is 13.8. The number of carbonyl (C=O) groups is 1. The Balaban J connectivity index is 1.59. The first-order valence-corrected chi connectivity index (χ1v) is 10.2. The van der Waals surface area contributed by atoms with E-state index >= 15 is 0 Å². The summed E-state index contributed by atoms with van der Waals surface area (Å²) in [6.07, 6.45) is 5.02. The number of hydrogen-bond donors (Lipinski definition) is 1. The molecule has 3 heterocycles. The Labute approximate surface area is 174 Å². The summed E-state index contributed by atoms with van der Waals surface area (Å²) in [5.74, 6) is 0.812. The van der Waals surface area contributed by atoms with Gasteiger partial charge >= 0.3 is 0 Å². The number of rotatable bonds is 3. The highest BCUT2D eigenvalue weighted by atomic mass is 16.2. The molecule has 2 aromatic carbocycles. The third-order valence-electron chi connectivity index (χ3n) is 6.13. The van der Waals surface area contributed by atoms with Crippen LogP contribution in [0.3, 0.4) is 0 Å². The average molecular weight is 400 g/mol. The summed E-state index contributed by atoms with van der Waals surface area (Å²) in [6.45, 7) is 6.84. The van der Waals surface area contributed by atoms with Crippen molar-refractivity contribution in [3.8, 4) is 5.69 Å². The molecule has 7 nitrogen and oxygen atoms in total. The number of aryl methyl sites for hydroxylation is 2. The lowest BCUT2D eigenvalue weighted by Gasteiger charge is -2.34. The molecule has 1 atom stereocenters. The Kier molecular flexibility index (Phi) is 4.20. The third-order valence-corrected chi connectivity index (χ3v) is 6.13. The first-order chi connectivity index (χ1) is 14.5. The zero-order chi connectivity index (χ0) is 20.9. The van der Waals surface area contributed by atoms with Crippen LogP contribution in [0.1, 0.15) is 47.1 Å². The number of aromatic nitrogens is 5. The minimum Gasteiger partial charge on any atom is -0.340 e. The van der Waals surface area contributed by atoms with Gasteiger partial charge in [0, 0.05) is 6.54 Å². The van der Waals surface area contributed by atoms with Gasteiger partial charge in [0.2, 0.25) is 0 Å². The van der Waals surface area contributed by atoms with E-state index in [0.717, 1.165) is 40.8 Å². The van der Waals surface area contributed by atoms with E-state index in [1.54, 1.807) is 12.4 Å². The van der Waals surface area contributed by atoms with Gasteiger partial charge in [-0.15, -0.1) is 0 Å². The summed E-state index contributed by atoms with van der Waals surface area (Å²) in [5.41, 5.74) is 4.90. The molecule has 2 aromatic heterocycles. The summed E-state index contributed by atoms with van der Waals surface area (Å²) in [6, 6.07) is 11.9. The lowest BCUT2D eigenvalue weighted by Crippen LogP contribution is -2.44. The molecular weight excluding hydrogens is 376 g/mol. The van der Waals surface area contributed by atoms with Crippen LogP contribution in [-0.2, 0) is 5.54 Å². The van der Waals surface area contributed by atoms with Gasteiger partial charge < -0.3 is 9.88 Å². The normalized spacial score (nSPS) is 19.0. The van der Waals surface area contributed by atoms with E-state index in [-0.39, 0.29) is 5.91 Å². The van der Waals surface area contributed by atoms with Gasteiger partial charge in [-0.25, -0.2) is 4.98 Å². The lowest BCUT2D eigenvalue weighted by molar-refractivity contribution is 0.0605. The minimum absolute atomic E-state index is 0.0248. The Morgan fingerprint density at radius 1 is 1.13 bits per heavy atom. The van der Waals surface area contributed by atoms with Crippen molar-refractivity contribution in [1.82, 2.24) is 29.9 Å². The second kappa shape index (κ2) is 6.79. The molecule has 1 N–H and O–H groups in total. The van der Waals surface area contributed by atoms with Gasteiger partial charge in [0.15, 0.2) is 0 Å². The standard InChI is InChI=1S/C23H24N6O/c1-15-8-9-19(29-24-11-12-25-29)17(14-15)21(30)28-13-5-10-23(28,3)22-26-18-7-4-6-16(2)20(18)27-22/h4,6-9,11-12,14H,5,10,13H2,1-3H3,(H,26,27). The van der Waals surface area contributed by atoms with Crippen LogP contribution in [0.5, 0.6) is 0 Å². The molecule has 1 fully saturated rings. The van der Waals surface area contributed by atoms with Crippen LogP contribution < -0.4 is 0 Å². The van der Waals surface area contributed by atoms with Gasteiger partial charge in [-0.2, -0.15) is 15.0 Å². The molecule has 7 heteroatoms. The number of fused-ring (bicyclic) bond motifs is 1. The summed E-state index contributed by atoms with van der Waals surface area (Å²) in [4.78, 5) is 25.6. The molecule has 1 unspecified atom stereocenters. The SMILES string of the molecule is Cc1ccc(-n2nccn2)c(C(=O)N2CCCC2(C)c2nc3c(C)cccc3[nH]2)c1. The maximum Gasteiger partial charge on any atom is 0.256 e. The Morgan fingerprint density at radius 3 is 2.70 bits per heavy atom. The van der Waals surface area contributed by atoms with Crippen molar-refractivity contribution in [3.63, 3.8) is 0 Å². The highest BCUT2D eigenvalue weighted by Crippen LogP contribution is 2.39. The van der Waals surface area contributed by atoms with Crippen LogP contribution in [-0.4, -0.2) is 42.3 Å². The first kappa shape index (κ1) is 18.5. The molecule has 0 radical (unpaired) electrons. The molecule has 152 valence electrons. The summed E-state index contributed by atoms with van der Waals surface area (Å²) < 4.78 is 0. The number of imidazole rings is 1. The summed E-state index contributed by atoms with van der Waals surface area (Å²) >= 11 is 0. The quantitative estimate of drug-likeness (QED) is 0.565. The number of para-hydroxylation sites is 1. The molecule has 0 saturated carbocycles. The molecule has 0 bridgehead atoms. The number of amides is 1. The van der Waals surface area contributed by atoms with E-state index in [4.69, 9.17) is 4.98 Å². The van der Waals surface area contributed by atoms with Crippen molar-refractivity contribution in [1.29, 1.82) is 0 Å². The van der Waals surface area contributed by atoms with Gasteiger partial charge in [0.25, 0.3) is 5.91 Å². The molecule has 4 aromatic rings. The second-order valence-electron chi connectivity index (χ2n) is 8.23. The predicted molar refractivity (Wildman–Crippen MR) is 115 cm³/mol. The van der Waals surface area contributed by atoms with Crippen LogP contribution in [0.2, 0.25) is 0 Å². The second-order valence-corrected chi connectivity index (χ2v) is 8.23. The molecule has 5 rings (SSSR count). The molecule has 1 amide bonds. The van der Waals surface area contributed by atoms with Crippen LogP contribution in [0.25, 0.3) is 16.7 Å². The van der Waals surface area contributed by atoms with Gasteiger partial charge in [-0.3, -0.25) is 4.79 Å². The largest absolute Gasteiger partial charge is 0.340 e. The topological polar surface area (TPSA) is 79.7 Å². The number of hydrogen-bond acceptors (Lipinski definition) is 4. The monoisotopic (exact) mass is 400 g/mol. The number of carbonyl (C=O) groups excluding carboxylic acids is 1. The van der Waals surface area contributed by atoms with Crippen molar-refractivity contribution >= 4 is 16.9 Å². The van der Waals surface area contributed by atoms with Crippen molar-refractivity contribution in [2.45, 2.75) is 39.2 Å². The van der Waals surface area contributed by atoms with E-state index < -0.39 is 5.54 Å². The van der Waals surface area contributed by atoms with Crippen molar-refractivity contribution in [2.24, 2.45) is 0 Å². The minimum atomic E-state index is -0.499. The van der Waals surface area contributed by atoms with Crippen LogP contribution in [0.4, 0.5) is 0 Å². The first-order valence-electron chi connectivity index (χ1n) is 10.2. The predicted octanol–water partition coefficient (Wildman–Crippen LogP) is 3.91. The summed E-state index contributed by atoms with van der Waals surface area (Å²) in [5, 5.41) is 8.47. The number of nitrogens with one attached hydrogen (secondary N) is 1. The number of H-pyrrole nitrogens is 1. The Hall–Kier alpha value is -3.48. The fourth-order valence-corrected chi connectivity index (χ4v) is 4.45. The van der Waals surface area contributed by atoms with Gasteiger partial charge in [0.05, 0.1) is 40.2 Å². The number of nitrogens with zero attached hydrogens (tertiary/aromatic N) is 5. The zero-order valence-corrected chi connectivity index (χ0v) is 17.4. The van der Waals surface area contributed by atoms with Crippen LogP contribution in [0, 0.1) is 13.8 Å². The zero-order valence-electron chi connectivity index (χ0n) is 17.4. The van der Waals surface area contributed by atoms with E-state index in [1.807, 2.05) is 42.2 Å². The Bertz CT molecular complexity index is 1240. The highest BCUT2D eigenvalue weighted by molar-refractivity contribution is 5.98. The smallest absolute Gasteiger partial charge is 0.256 e. The molecular formula is C23H24N6O. The van der Waals surface area contributed by atoms with E-state index in [1.165, 1.54) is 4.80 Å². The molecule has 1 aliphatic rings. The fourth-order valence-electron chi connectivity index (χ4n) is 4.45. The maximum absolute atomic E-state index is 13.8. The van der Waals surface area contributed by atoms with E-state index in [2.05, 4.69) is 35.1 Å². The number of aromatic amines is 1. The van der Waals surface area contributed by atoms with E-state index in [9.17, 15) is 4.79 Å². The van der Waals surface area contributed by atoms with Gasteiger partial charge in [0.1, 0.15) is 5.82 Å². The van der Waals surface area contributed by atoms with Crippen molar-refractivity contribution in [2.75, 3.05) is 6.54 Å². The van der Waals surface area contributed by atoms with Crippen molar-refractivity contribution < 1.29 is 4.79 Å². The molecule has 1 aliphatic heterocycles.